The molecule has 4 aromatic carbocycles. The molecule has 176 valence electrons. The van der Waals surface area contributed by atoms with Gasteiger partial charge in [0.15, 0.2) is 0 Å². The second-order valence-electron chi connectivity index (χ2n) is 9.81. The minimum Gasteiger partial charge on any atom is -0.456 e. The van der Waals surface area contributed by atoms with Crippen molar-refractivity contribution in [3.05, 3.63) is 96.1 Å². The molecule has 7 rings (SSSR count). The molecule has 2 aliphatic heterocycles. The van der Waals surface area contributed by atoms with Crippen LogP contribution in [-0.4, -0.2) is 0 Å². The zero-order valence-electron chi connectivity index (χ0n) is 20.7. The van der Waals surface area contributed by atoms with Crippen molar-refractivity contribution in [1.29, 1.82) is 0 Å². The average Bonchev–Trinajstić information content (AvgIpc) is 2.92. The first-order valence-electron chi connectivity index (χ1n) is 13.0. The number of allylic oxidation sites excluding steroid dienone is 8. The monoisotopic (exact) mass is 468 g/mol. The van der Waals surface area contributed by atoms with Crippen LogP contribution < -0.4 is 0 Å². The summed E-state index contributed by atoms with van der Waals surface area (Å²) in [6.45, 7) is 4.28. The predicted octanol–water partition coefficient (Wildman–Crippen LogP) is 10.5. The predicted molar refractivity (Wildman–Crippen MR) is 153 cm³/mol. The molecule has 4 aromatic rings. The summed E-state index contributed by atoms with van der Waals surface area (Å²) >= 11 is 0. The Bertz CT molecular complexity index is 1850. The number of hydrogen-bond acceptors (Lipinski definition) is 2. The number of hydrogen-bond donors (Lipinski definition) is 0. The molecule has 1 aliphatic carbocycles. The van der Waals surface area contributed by atoms with E-state index in [4.69, 9.17) is 8.83 Å². The first-order chi connectivity index (χ1) is 17.7. The molecule has 0 amide bonds. The molecule has 2 heterocycles. The highest BCUT2D eigenvalue weighted by Gasteiger charge is 2.25. The zero-order valence-corrected chi connectivity index (χ0v) is 20.7. The molecule has 0 saturated heterocycles. The van der Waals surface area contributed by atoms with Crippen LogP contribution in [0.1, 0.15) is 50.7 Å². The lowest BCUT2D eigenvalue weighted by atomic mass is 9.87. The maximum atomic E-state index is 6.63. The highest BCUT2D eigenvalue weighted by molar-refractivity contribution is 6.24. The van der Waals surface area contributed by atoms with Gasteiger partial charge in [-0.25, -0.2) is 0 Å². The third kappa shape index (κ3) is 3.18. The standard InChI is InChI=1S/C34H28O2/c1-3-5-10-21(9-4-2)25-17-23-13-15-28-33-31(23)29(19-25)35-27-16-14-24-18-26(22-11-7-6-8-12-22)20-30(36-28)32(24)34(27)33/h4,7,9-20H,3,5-6,8H2,1-2H3/b9-4-,21-10+. The minimum absolute atomic E-state index is 0.902. The van der Waals surface area contributed by atoms with E-state index in [-0.39, 0.29) is 0 Å². The second-order valence-corrected chi connectivity index (χ2v) is 9.81. The van der Waals surface area contributed by atoms with Crippen LogP contribution in [0.15, 0.2) is 93.8 Å². The molecule has 0 bridgehead atoms. The molecule has 36 heavy (non-hydrogen) atoms. The van der Waals surface area contributed by atoms with Gasteiger partial charge in [-0.15, -0.1) is 0 Å². The van der Waals surface area contributed by atoms with E-state index in [1.807, 2.05) is 0 Å². The van der Waals surface area contributed by atoms with Crippen LogP contribution >= 0.6 is 0 Å². The van der Waals surface area contributed by atoms with Gasteiger partial charge in [-0.2, -0.15) is 0 Å². The van der Waals surface area contributed by atoms with E-state index in [9.17, 15) is 0 Å². The summed E-state index contributed by atoms with van der Waals surface area (Å²) in [5, 5.41) is 4.64. The van der Waals surface area contributed by atoms with Gasteiger partial charge in [0, 0.05) is 21.9 Å². The number of benzene rings is 4. The van der Waals surface area contributed by atoms with Gasteiger partial charge in [0.1, 0.15) is 22.3 Å². The van der Waals surface area contributed by atoms with Gasteiger partial charge in [-0.1, -0.05) is 61.9 Å². The van der Waals surface area contributed by atoms with Gasteiger partial charge in [-0.3, -0.25) is 0 Å². The summed E-state index contributed by atoms with van der Waals surface area (Å²) in [7, 11) is 0. The van der Waals surface area contributed by atoms with Crippen LogP contribution in [0.5, 0.6) is 0 Å². The lowest BCUT2D eigenvalue weighted by Gasteiger charge is -2.21. The Hall–Kier alpha value is -4.04. The molecule has 0 N–H and O–H groups in total. The van der Waals surface area contributed by atoms with E-state index in [1.165, 1.54) is 33.0 Å². The maximum Gasteiger partial charge on any atom is 0.136 e. The molecule has 0 aromatic heterocycles. The smallest absolute Gasteiger partial charge is 0.136 e. The molecule has 0 atom stereocenters. The van der Waals surface area contributed by atoms with Crippen molar-refractivity contribution in [3.63, 3.8) is 0 Å². The summed E-state index contributed by atoms with van der Waals surface area (Å²) in [5.41, 5.74) is 10.8. The molecule has 0 saturated carbocycles. The second kappa shape index (κ2) is 8.27. The van der Waals surface area contributed by atoms with E-state index in [2.05, 4.69) is 98.8 Å². The van der Waals surface area contributed by atoms with E-state index in [0.29, 0.717) is 0 Å². The molecule has 0 unspecified atom stereocenters. The lowest BCUT2D eigenvalue weighted by Crippen LogP contribution is -1.96. The summed E-state index contributed by atoms with van der Waals surface area (Å²) in [4.78, 5) is 0. The Morgan fingerprint density at radius 2 is 1.56 bits per heavy atom. The highest BCUT2D eigenvalue weighted by Crippen LogP contribution is 2.49. The van der Waals surface area contributed by atoms with Crippen molar-refractivity contribution in [2.24, 2.45) is 0 Å². The molecule has 0 spiro atoms. The van der Waals surface area contributed by atoms with Crippen molar-refractivity contribution < 1.29 is 8.83 Å². The molecule has 0 radical (unpaired) electrons. The van der Waals surface area contributed by atoms with Gasteiger partial charge in [0.25, 0.3) is 0 Å². The molecule has 0 fully saturated rings. The van der Waals surface area contributed by atoms with Crippen LogP contribution in [-0.2, 0) is 0 Å². The largest absolute Gasteiger partial charge is 0.456 e. The summed E-state index contributed by atoms with van der Waals surface area (Å²) in [5.74, 6) is 0. The third-order valence-electron chi connectivity index (χ3n) is 7.44. The van der Waals surface area contributed by atoms with Crippen LogP contribution in [0, 0.1) is 0 Å². The summed E-state index contributed by atoms with van der Waals surface area (Å²) < 4.78 is 13.2. The number of rotatable bonds is 5. The minimum atomic E-state index is 0.902. The van der Waals surface area contributed by atoms with Crippen LogP contribution in [0.4, 0.5) is 0 Å². The number of unbranched alkanes of at least 4 members (excludes halogenated alkanes) is 1. The molecule has 2 heteroatoms. The maximum absolute atomic E-state index is 6.63. The van der Waals surface area contributed by atoms with Crippen LogP contribution in [0.3, 0.4) is 0 Å². The quantitative estimate of drug-likeness (QED) is 0.143. The summed E-state index contributed by atoms with van der Waals surface area (Å²) in [6, 6.07) is 17.5. The van der Waals surface area contributed by atoms with Crippen LogP contribution in [0.25, 0.3) is 66.2 Å². The topological polar surface area (TPSA) is 26.3 Å². The van der Waals surface area contributed by atoms with Crippen molar-refractivity contribution in [1.82, 2.24) is 0 Å². The first kappa shape index (κ1) is 21.3. The van der Waals surface area contributed by atoms with E-state index < -0.39 is 0 Å². The van der Waals surface area contributed by atoms with Crippen molar-refractivity contribution in [2.45, 2.75) is 39.5 Å². The van der Waals surface area contributed by atoms with E-state index in [0.717, 1.165) is 69.9 Å². The summed E-state index contributed by atoms with van der Waals surface area (Å²) in [6.07, 6.45) is 17.8. The average molecular weight is 469 g/mol. The highest BCUT2D eigenvalue weighted by atomic mass is 16.3. The molecular weight excluding hydrogens is 440 g/mol. The first-order valence-corrected chi connectivity index (χ1v) is 13.0. The van der Waals surface area contributed by atoms with Crippen molar-refractivity contribution >= 4 is 55.0 Å². The van der Waals surface area contributed by atoms with Gasteiger partial charge < -0.3 is 8.83 Å². The fourth-order valence-corrected chi connectivity index (χ4v) is 5.80. The van der Waals surface area contributed by atoms with Crippen LogP contribution in [0.2, 0.25) is 0 Å². The van der Waals surface area contributed by atoms with Gasteiger partial charge in [-0.05, 0) is 95.6 Å². The fourth-order valence-electron chi connectivity index (χ4n) is 5.80. The van der Waals surface area contributed by atoms with E-state index in [1.54, 1.807) is 0 Å². The van der Waals surface area contributed by atoms with Crippen molar-refractivity contribution in [3.8, 4) is 11.1 Å². The fraction of sp³-hybridized carbons (Fsp3) is 0.176. The Labute approximate surface area is 210 Å². The lowest BCUT2D eigenvalue weighted by molar-refractivity contribution is 0.646. The SMILES string of the molecule is C/C=C\C(=C/CCC)c1cc2ccc3oc4cc(C5=CCCC=C5)cc5ccc6oc(c1)c2c3-c6c54. The molecule has 2 nitrogen and oxygen atoms in total. The van der Waals surface area contributed by atoms with Gasteiger partial charge in [0.2, 0.25) is 0 Å². The van der Waals surface area contributed by atoms with Crippen molar-refractivity contribution in [2.75, 3.05) is 0 Å². The van der Waals surface area contributed by atoms with Gasteiger partial charge in [0.05, 0.1) is 0 Å². The molecular formula is C34H28O2. The Balaban J connectivity index is 1.54. The Morgan fingerprint density at radius 3 is 2.22 bits per heavy atom. The third-order valence-corrected chi connectivity index (χ3v) is 7.44. The Kier molecular flexibility index (Phi) is 4.89. The zero-order chi connectivity index (χ0) is 24.2. The van der Waals surface area contributed by atoms with E-state index >= 15 is 0 Å². The Morgan fingerprint density at radius 1 is 0.833 bits per heavy atom. The molecule has 3 aliphatic rings. The normalized spacial score (nSPS) is 15.1. The van der Waals surface area contributed by atoms with Gasteiger partial charge >= 0.3 is 0 Å².